The number of anilines is 1. The second-order valence-electron chi connectivity index (χ2n) is 5.36. The molecule has 0 bridgehead atoms. The van der Waals surface area contributed by atoms with Crippen LogP contribution >= 0.6 is 0 Å². The molecule has 132 valence electrons. The molecule has 0 saturated carbocycles. The lowest BCUT2D eigenvalue weighted by Crippen LogP contribution is -2.36. The van der Waals surface area contributed by atoms with Crippen LogP contribution in [0.3, 0.4) is 0 Å². The minimum Gasteiger partial charge on any atom is -0.346 e. The summed E-state index contributed by atoms with van der Waals surface area (Å²) in [6, 6.07) is 10.7. The van der Waals surface area contributed by atoms with Crippen molar-refractivity contribution in [3.63, 3.8) is 0 Å². The fourth-order valence-corrected chi connectivity index (χ4v) is 2.37. The minimum atomic E-state index is -1.67. The average Bonchev–Trinajstić information content (AvgIpc) is 2.62. The summed E-state index contributed by atoms with van der Waals surface area (Å²) in [5, 5.41) is 4.55. The van der Waals surface area contributed by atoms with Crippen molar-refractivity contribution in [1.82, 2.24) is 5.32 Å². The van der Waals surface area contributed by atoms with E-state index in [0.717, 1.165) is 11.6 Å². The Morgan fingerprint density at radius 2 is 1.68 bits per heavy atom. The fraction of sp³-hybridized carbons (Fsp3) is 0.222. The second kappa shape index (κ2) is 8.32. The van der Waals surface area contributed by atoms with Crippen LogP contribution in [0, 0.1) is 17.5 Å². The van der Waals surface area contributed by atoms with Gasteiger partial charge in [-0.2, -0.15) is 0 Å². The molecule has 1 unspecified atom stereocenters. The number of hydrogen-bond acceptors (Lipinski definition) is 2. The van der Waals surface area contributed by atoms with Crippen LogP contribution in [0.1, 0.15) is 24.8 Å². The Balaban J connectivity index is 1.95. The van der Waals surface area contributed by atoms with E-state index < -0.39 is 41.5 Å². The van der Waals surface area contributed by atoms with E-state index >= 15 is 0 Å². The van der Waals surface area contributed by atoms with Crippen molar-refractivity contribution in [3.8, 4) is 0 Å². The van der Waals surface area contributed by atoms with Crippen LogP contribution in [0.2, 0.25) is 0 Å². The Bertz CT molecular complexity index is 766. The molecule has 0 fully saturated rings. The molecule has 25 heavy (non-hydrogen) atoms. The maximum absolute atomic E-state index is 13.5. The van der Waals surface area contributed by atoms with Crippen LogP contribution < -0.4 is 10.6 Å². The zero-order chi connectivity index (χ0) is 18.4. The van der Waals surface area contributed by atoms with Gasteiger partial charge >= 0.3 is 0 Å². The van der Waals surface area contributed by atoms with Crippen LogP contribution in [0.4, 0.5) is 18.9 Å². The van der Waals surface area contributed by atoms with Crippen LogP contribution in [-0.2, 0) is 9.59 Å². The van der Waals surface area contributed by atoms with E-state index in [2.05, 4.69) is 10.6 Å². The summed E-state index contributed by atoms with van der Waals surface area (Å²) in [6.45, 7) is 1.43. The zero-order valence-corrected chi connectivity index (χ0v) is 13.5. The molecular weight excluding hydrogens is 333 g/mol. The lowest BCUT2D eigenvalue weighted by Gasteiger charge is -2.15. The Morgan fingerprint density at radius 3 is 2.32 bits per heavy atom. The molecule has 7 heteroatoms. The lowest BCUT2D eigenvalue weighted by atomic mass is 9.96. The minimum absolute atomic E-state index is 0.352. The van der Waals surface area contributed by atoms with E-state index in [-0.39, 0.29) is 5.91 Å². The van der Waals surface area contributed by atoms with E-state index in [9.17, 15) is 22.8 Å². The molecule has 2 amide bonds. The number of amides is 2. The number of halogens is 3. The first-order valence-corrected chi connectivity index (χ1v) is 7.70. The summed E-state index contributed by atoms with van der Waals surface area (Å²) in [6.07, 6.45) is 0.537. The van der Waals surface area contributed by atoms with E-state index in [0.29, 0.717) is 12.5 Å². The number of hydrogen-bond donors (Lipinski definition) is 2. The number of carbonyl (C=O) groups is 2. The molecule has 0 spiro atoms. The van der Waals surface area contributed by atoms with Gasteiger partial charge in [0.2, 0.25) is 11.8 Å². The molecule has 4 nitrogen and oxygen atoms in total. The van der Waals surface area contributed by atoms with Crippen molar-refractivity contribution >= 4 is 17.5 Å². The number of carbonyl (C=O) groups excluding carboxylic acids is 2. The van der Waals surface area contributed by atoms with E-state index in [1.807, 2.05) is 37.3 Å². The van der Waals surface area contributed by atoms with Gasteiger partial charge in [-0.1, -0.05) is 37.3 Å². The molecule has 0 heterocycles. The van der Waals surface area contributed by atoms with Crippen molar-refractivity contribution in [2.75, 3.05) is 11.9 Å². The van der Waals surface area contributed by atoms with Gasteiger partial charge < -0.3 is 10.6 Å². The summed E-state index contributed by atoms with van der Waals surface area (Å²) >= 11 is 0. The molecule has 0 saturated heterocycles. The standard InChI is InChI=1S/C18H17F3N2O2/c1-2-12(11-6-4-3-5-7-11)18(25)22-10-15(24)23-14-9-8-13(19)16(20)17(14)21/h3-9,12H,2,10H2,1H3,(H,22,25)(H,23,24). The molecule has 2 aromatic rings. The first kappa shape index (κ1) is 18.5. The molecule has 0 aliphatic carbocycles. The molecule has 2 aromatic carbocycles. The third kappa shape index (κ3) is 4.59. The molecule has 0 aliphatic rings. The molecule has 0 aliphatic heterocycles. The monoisotopic (exact) mass is 350 g/mol. The molecule has 2 N–H and O–H groups in total. The summed E-state index contributed by atoms with van der Waals surface area (Å²) in [5.74, 6) is -6.03. The summed E-state index contributed by atoms with van der Waals surface area (Å²) < 4.78 is 39.5. The highest BCUT2D eigenvalue weighted by molar-refractivity contribution is 5.95. The van der Waals surface area contributed by atoms with Gasteiger partial charge in [-0.05, 0) is 24.1 Å². The fourth-order valence-electron chi connectivity index (χ4n) is 2.37. The smallest absolute Gasteiger partial charge is 0.243 e. The van der Waals surface area contributed by atoms with Gasteiger partial charge in [0.05, 0.1) is 18.2 Å². The highest BCUT2D eigenvalue weighted by Gasteiger charge is 2.20. The number of nitrogens with one attached hydrogen (secondary N) is 2. The van der Waals surface area contributed by atoms with Crippen molar-refractivity contribution in [2.24, 2.45) is 0 Å². The first-order chi connectivity index (χ1) is 11.9. The maximum Gasteiger partial charge on any atom is 0.243 e. The third-order valence-electron chi connectivity index (χ3n) is 3.66. The molecule has 0 aromatic heterocycles. The summed E-state index contributed by atoms with van der Waals surface area (Å²) in [7, 11) is 0. The van der Waals surface area contributed by atoms with E-state index in [1.165, 1.54) is 0 Å². The van der Waals surface area contributed by atoms with Crippen LogP contribution in [0.25, 0.3) is 0 Å². The van der Waals surface area contributed by atoms with E-state index in [4.69, 9.17) is 0 Å². The summed E-state index contributed by atoms with van der Waals surface area (Å²) in [4.78, 5) is 24.0. The molecule has 2 rings (SSSR count). The maximum atomic E-state index is 13.5. The van der Waals surface area contributed by atoms with Crippen molar-refractivity contribution in [3.05, 3.63) is 65.5 Å². The zero-order valence-electron chi connectivity index (χ0n) is 13.5. The lowest BCUT2D eigenvalue weighted by molar-refractivity contribution is -0.125. The Labute approximate surface area is 143 Å². The van der Waals surface area contributed by atoms with Crippen LogP contribution in [0.5, 0.6) is 0 Å². The molecular formula is C18H17F3N2O2. The van der Waals surface area contributed by atoms with Gasteiger partial charge in [0, 0.05) is 0 Å². The van der Waals surface area contributed by atoms with E-state index in [1.54, 1.807) is 0 Å². The third-order valence-corrected chi connectivity index (χ3v) is 3.66. The van der Waals surface area contributed by atoms with Gasteiger partial charge in [0.1, 0.15) is 0 Å². The van der Waals surface area contributed by atoms with Gasteiger partial charge in [0.25, 0.3) is 0 Å². The summed E-state index contributed by atoms with van der Waals surface area (Å²) in [5.41, 5.74) is 0.322. The van der Waals surface area contributed by atoms with Gasteiger partial charge in [0.15, 0.2) is 17.5 Å². The first-order valence-electron chi connectivity index (χ1n) is 7.70. The second-order valence-corrected chi connectivity index (χ2v) is 5.36. The normalized spacial score (nSPS) is 11.7. The average molecular weight is 350 g/mol. The van der Waals surface area contributed by atoms with Crippen molar-refractivity contribution in [1.29, 1.82) is 0 Å². The molecule has 0 radical (unpaired) electrons. The highest BCUT2D eigenvalue weighted by Crippen LogP contribution is 2.20. The predicted molar refractivity (Wildman–Crippen MR) is 87.4 cm³/mol. The van der Waals surface area contributed by atoms with Crippen LogP contribution in [-0.4, -0.2) is 18.4 Å². The highest BCUT2D eigenvalue weighted by atomic mass is 19.2. The Hall–Kier alpha value is -2.83. The largest absolute Gasteiger partial charge is 0.346 e. The SMILES string of the molecule is CCC(C(=O)NCC(=O)Nc1ccc(F)c(F)c1F)c1ccccc1. The number of rotatable bonds is 6. The van der Waals surface area contributed by atoms with Crippen molar-refractivity contribution < 1.29 is 22.8 Å². The predicted octanol–water partition coefficient (Wildman–Crippen LogP) is 3.35. The topological polar surface area (TPSA) is 58.2 Å². The Morgan fingerprint density at radius 1 is 1.00 bits per heavy atom. The number of benzene rings is 2. The van der Waals surface area contributed by atoms with Crippen LogP contribution in [0.15, 0.2) is 42.5 Å². The van der Waals surface area contributed by atoms with Crippen molar-refractivity contribution in [2.45, 2.75) is 19.3 Å². The Kier molecular flexibility index (Phi) is 6.16. The quantitative estimate of drug-likeness (QED) is 0.785. The molecule has 1 atom stereocenters. The van der Waals surface area contributed by atoms with Gasteiger partial charge in [-0.3, -0.25) is 9.59 Å². The van der Waals surface area contributed by atoms with Gasteiger partial charge in [-0.25, -0.2) is 13.2 Å². The van der Waals surface area contributed by atoms with Gasteiger partial charge in [-0.15, -0.1) is 0 Å².